The third-order valence-corrected chi connectivity index (χ3v) is 6.83. The maximum Gasteiger partial charge on any atom is 0.130 e. The second-order valence-corrected chi connectivity index (χ2v) is 9.73. The van der Waals surface area contributed by atoms with Gasteiger partial charge in [-0.05, 0) is 58.7 Å². The SMILES string of the molecule is CC(C)c1cccc(-c2cnccc2OCCC(C)c2cccc(-c3cnc4ccccc4c3)c2)c1. The second-order valence-electron chi connectivity index (χ2n) is 9.73. The van der Waals surface area contributed by atoms with Crippen LogP contribution < -0.4 is 4.74 Å². The van der Waals surface area contributed by atoms with Gasteiger partial charge in [-0.1, -0.05) is 87.5 Å². The number of nitrogens with zero attached hydrogens (tertiary/aromatic N) is 2. The van der Waals surface area contributed by atoms with Crippen LogP contribution in [0.3, 0.4) is 0 Å². The number of ether oxygens (including phenoxy) is 1. The van der Waals surface area contributed by atoms with E-state index in [0.717, 1.165) is 39.8 Å². The van der Waals surface area contributed by atoms with E-state index in [1.165, 1.54) is 16.7 Å². The molecule has 5 aromatic rings. The topological polar surface area (TPSA) is 35.0 Å². The summed E-state index contributed by atoms with van der Waals surface area (Å²) in [7, 11) is 0. The van der Waals surface area contributed by atoms with Crippen molar-refractivity contribution >= 4 is 10.9 Å². The summed E-state index contributed by atoms with van der Waals surface area (Å²) >= 11 is 0. The summed E-state index contributed by atoms with van der Waals surface area (Å²) in [5, 5.41) is 1.16. The van der Waals surface area contributed by atoms with Gasteiger partial charge in [-0.2, -0.15) is 0 Å². The van der Waals surface area contributed by atoms with E-state index in [0.29, 0.717) is 18.4 Å². The monoisotopic (exact) mass is 472 g/mol. The van der Waals surface area contributed by atoms with Crippen molar-refractivity contribution in [1.29, 1.82) is 0 Å². The van der Waals surface area contributed by atoms with Gasteiger partial charge in [-0.3, -0.25) is 9.97 Å². The number of benzene rings is 3. The average Bonchev–Trinajstić information content (AvgIpc) is 2.93. The van der Waals surface area contributed by atoms with Crippen LogP contribution in [0.4, 0.5) is 0 Å². The standard InChI is InChI=1S/C33H32N2O/c1-23(2)25-9-6-12-28(18-25)31-22-34-16-14-33(31)36-17-15-24(3)26-10-7-11-27(19-26)30-20-29-8-4-5-13-32(29)35-21-30/h4-14,16,18-24H,15,17H2,1-3H3. The molecule has 1 unspecified atom stereocenters. The Morgan fingerprint density at radius 1 is 0.722 bits per heavy atom. The molecule has 36 heavy (non-hydrogen) atoms. The predicted molar refractivity (Wildman–Crippen MR) is 149 cm³/mol. The number of fused-ring (bicyclic) bond motifs is 1. The number of para-hydroxylation sites is 1. The van der Waals surface area contributed by atoms with E-state index in [1.54, 1.807) is 6.20 Å². The van der Waals surface area contributed by atoms with Gasteiger partial charge in [0.05, 0.1) is 12.1 Å². The summed E-state index contributed by atoms with van der Waals surface area (Å²) < 4.78 is 6.30. The summed E-state index contributed by atoms with van der Waals surface area (Å²) in [6, 6.07) is 29.9. The number of aromatic nitrogens is 2. The molecule has 0 aliphatic carbocycles. The molecule has 2 aromatic heterocycles. The van der Waals surface area contributed by atoms with Crippen molar-refractivity contribution in [2.75, 3.05) is 6.61 Å². The molecule has 180 valence electrons. The molecule has 0 amide bonds. The number of hydrogen-bond donors (Lipinski definition) is 0. The van der Waals surface area contributed by atoms with Crippen molar-refractivity contribution in [2.24, 2.45) is 0 Å². The van der Waals surface area contributed by atoms with E-state index in [2.05, 4.69) is 97.5 Å². The Hall–Kier alpha value is -3.98. The van der Waals surface area contributed by atoms with Crippen molar-refractivity contribution in [3.05, 3.63) is 115 Å². The van der Waals surface area contributed by atoms with Crippen molar-refractivity contribution in [1.82, 2.24) is 9.97 Å². The minimum Gasteiger partial charge on any atom is -0.493 e. The molecule has 2 heterocycles. The number of hydrogen-bond acceptors (Lipinski definition) is 3. The largest absolute Gasteiger partial charge is 0.493 e. The molecule has 0 bridgehead atoms. The van der Waals surface area contributed by atoms with E-state index >= 15 is 0 Å². The number of pyridine rings is 2. The molecule has 0 radical (unpaired) electrons. The van der Waals surface area contributed by atoms with Crippen LogP contribution in [0.25, 0.3) is 33.2 Å². The van der Waals surface area contributed by atoms with Crippen LogP contribution in [0.5, 0.6) is 5.75 Å². The molecule has 3 nitrogen and oxygen atoms in total. The molecule has 0 saturated heterocycles. The summed E-state index contributed by atoms with van der Waals surface area (Å²) in [4.78, 5) is 9.00. The molecular weight excluding hydrogens is 440 g/mol. The Morgan fingerprint density at radius 2 is 1.50 bits per heavy atom. The molecule has 3 aromatic carbocycles. The van der Waals surface area contributed by atoms with Crippen molar-refractivity contribution in [3.8, 4) is 28.0 Å². The molecule has 1 atom stereocenters. The lowest BCUT2D eigenvalue weighted by molar-refractivity contribution is 0.301. The van der Waals surface area contributed by atoms with Crippen LogP contribution in [0.15, 0.2) is 104 Å². The Bertz CT molecular complexity index is 1470. The summed E-state index contributed by atoms with van der Waals surface area (Å²) in [5.74, 6) is 1.73. The van der Waals surface area contributed by atoms with Gasteiger partial charge >= 0.3 is 0 Å². The summed E-state index contributed by atoms with van der Waals surface area (Å²) in [6.45, 7) is 7.34. The fourth-order valence-electron chi connectivity index (χ4n) is 4.56. The van der Waals surface area contributed by atoms with Gasteiger partial charge in [0.25, 0.3) is 0 Å². The first-order chi connectivity index (χ1) is 17.6. The summed E-state index contributed by atoms with van der Waals surface area (Å²) in [5.41, 5.74) is 8.17. The Kier molecular flexibility index (Phi) is 7.08. The summed E-state index contributed by atoms with van der Waals surface area (Å²) in [6.07, 6.45) is 6.59. The zero-order valence-corrected chi connectivity index (χ0v) is 21.2. The van der Waals surface area contributed by atoms with Gasteiger partial charge in [0.2, 0.25) is 0 Å². The first-order valence-electron chi connectivity index (χ1n) is 12.7. The van der Waals surface area contributed by atoms with E-state index < -0.39 is 0 Å². The van der Waals surface area contributed by atoms with E-state index in [4.69, 9.17) is 4.74 Å². The molecule has 0 fully saturated rings. The van der Waals surface area contributed by atoms with Crippen LogP contribution >= 0.6 is 0 Å². The highest BCUT2D eigenvalue weighted by Crippen LogP contribution is 2.32. The van der Waals surface area contributed by atoms with Crippen LogP contribution in [0.2, 0.25) is 0 Å². The van der Waals surface area contributed by atoms with Crippen LogP contribution in [-0.4, -0.2) is 16.6 Å². The zero-order valence-electron chi connectivity index (χ0n) is 21.2. The third kappa shape index (κ3) is 5.31. The molecule has 0 saturated carbocycles. The van der Waals surface area contributed by atoms with Crippen LogP contribution in [0, 0.1) is 0 Å². The Labute approximate surface area is 213 Å². The van der Waals surface area contributed by atoms with E-state index in [9.17, 15) is 0 Å². The molecule has 0 aliphatic heterocycles. The van der Waals surface area contributed by atoms with Crippen molar-refractivity contribution in [2.45, 2.75) is 39.0 Å². The van der Waals surface area contributed by atoms with Crippen molar-refractivity contribution < 1.29 is 4.74 Å². The van der Waals surface area contributed by atoms with Gasteiger partial charge in [-0.15, -0.1) is 0 Å². The Balaban J connectivity index is 1.28. The lowest BCUT2D eigenvalue weighted by Crippen LogP contribution is -2.04. The highest BCUT2D eigenvalue weighted by molar-refractivity contribution is 5.83. The molecular formula is C33H32N2O. The molecule has 0 spiro atoms. The van der Waals surface area contributed by atoms with Crippen molar-refractivity contribution in [3.63, 3.8) is 0 Å². The van der Waals surface area contributed by atoms with Crippen LogP contribution in [0.1, 0.15) is 50.2 Å². The molecule has 5 rings (SSSR count). The second kappa shape index (κ2) is 10.7. The average molecular weight is 473 g/mol. The molecule has 0 N–H and O–H groups in total. The zero-order chi connectivity index (χ0) is 24.9. The van der Waals surface area contributed by atoms with E-state index in [1.807, 2.05) is 30.6 Å². The minimum absolute atomic E-state index is 0.368. The first kappa shape index (κ1) is 23.7. The molecule has 0 aliphatic rings. The lowest BCUT2D eigenvalue weighted by Gasteiger charge is -2.16. The van der Waals surface area contributed by atoms with Gasteiger partial charge in [-0.25, -0.2) is 0 Å². The smallest absolute Gasteiger partial charge is 0.130 e. The lowest BCUT2D eigenvalue weighted by atomic mass is 9.94. The predicted octanol–water partition coefficient (Wildman–Crippen LogP) is 8.66. The van der Waals surface area contributed by atoms with E-state index in [-0.39, 0.29) is 0 Å². The first-order valence-corrected chi connectivity index (χ1v) is 12.7. The van der Waals surface area contributed by atoms with Gasteiger partial charge in [0.15, 0.2) is 0 Å². The third-order valence-electron chi connectivity index (χ3n) is 6.83. The van der Waals surface area contributed by atoms with Gasteiger partial charge < -0.3 is 4.74 Å². The van der Waals surface area contributed by atoms with Gasteiger partial charge in [0, 0.05) is 35.1 Å². The normalized spacial score (nSPS) is 12.1. The highest BCUT2D eigenvalue weighted by Gasteiger charge is 2.11. The quantitative estimate of drug-likeness (QED) is 0.227. The Morgan fingerprint density at radius 3 is 2.36 bits per heavy atom. The number of rotatable bonds is 8. The maximum atomic E-state index is 6.30. The fourth-order valence-corrected chi connectivity index (χ4v) is 4.56. The fraction of sp³-hybridized carbons (Fsp3) is 0.212. The van der Waals surface area contributed by atoms with Crippen LogP contribution in [-0.2, 0) is 0 Å². The maximum absolute atomic E-state index is 6.30. The minimum atomic E-state index is 0.368. The molecule has 3 heteroatoms. The highest BCUT2D eigenvalue weighted by atomic mass is 16.5. The van der Waals surface area contributed by atoms with Gasteiger partial charge in [0.1, 0.15) is 5.75 Å².